The molecule has 1 saturated heterocycles. The van der Waals surface area contributed by atoms with Gasteiger partial charge >= 0.3 is 0 Å². The monoisotopic (exact) mass is 228 g/mol. The molecule has 3 nitrogen and oxygen atoms in total. The van der Waals surface area contributed by atoms with Crippen LogP contribution in [-0.4, -0.2) is 60.8 Å². The number of hydrogen-bond acceptors (Lipinski definition) is 3. The first kappa shape index (κ1) is 13.9. The van der Waals surface area contributed by atoms with Crippen molar-refractivity contribution >= 4 is 0 Å². The van der Waals surface area contributed by atoms with Crippen molar-refractivity contribution < 1.29 is 5.11 Å². The van der Waals surface area contributed by atoms with Crippen molar-refractivity contribution in [2.75, 3.05) is 39.8 Å². The number of rotatable bonds is 8. The highest BCUT2D eigenvalue weighted by Gasteiger charge is 2.11. The van der Waals surface area contributed by atoms with Crippen molar-refractivity contribution in [3.63, 3.8) is 0 Å². The number of aliphatic hydroxyl groups is 1. The van der Waals surface area contributed by atoms with E-state index in [4.69, 9.17) is 0 Å². The van der Waals surface area contributed by atoms with Crippen LogP contribution in [0.15, 0.2) is 0 Å². The maximum Gasteiger partial charge on any atom is 0.0538 e. The van der Waals surface area contributed by atoms with Crippen LogP contribution in [-0.2, 0) is 0 Å². The maximum atomic E-state index is 9.45. The molecule has 0 saturated carbocycles. The first-order valence-corrected chi connectivity index (χ1v) is 6.81. The first-order valence-electron chi connectivity index (χ1n) is 6.81. The zero-order valence-electron chi connectivity index (χ0n) is 11.0. The second-order valence-corrected chi connectivity index (χ2v) is 5.06. The van der Waals surface area contributed by atoms with Gasteiger partial charge in [-0.3, -0.25) is 0 Å². The first-order chi connectivity index (χ1) is 7.72. The molecule has 0 aromatic rings. The summed E-state index contributed by atoms with van der Waals surface area (Å²) in [7, 11) is 2.19. The van der Waals surface area contributed by atoms with E-state index in [1.165, 1.54) is 39.0 Å². The van der Waals surface area contributed by atoms with Crippen LogP contribution in [0.25, 0.3) is 0 Å². The van der Waals surface area contributed by atoms with Crippen LogP contribution in [0.5, 0.6) is 0 Å². The minimum atomic E-state index is -0.0908. The van der Waals surface area contributed by atoms with Crippen molar-refractivity contribution in [1.29, 1.82) is 0 Å². The minimum absolute atomic E-state index is 0.0908. The van der Waals surface area contributed by atoms with Crippen LogP contribution in [0.2, 0.25) is 0 Å². The molecule has 0 aromatic carbocycles. The molecule has 0 amide bonds. The van der Waals surface area contributed by atoms with Crippen LogP contribution in [0.1, 0.15) is 39.0 Å². The largest absolute Gasteiger partial charge is 0.393 e. The van der Waals surface area contributed by atoms with Crippen molar-refractivity contribution in [3.05, 3.63) is 0 Å². The molecular weight excluding hydrogens is 200 g/mol. The molecular formula is C13H28N2O. The van der Waals surface area contributed by atoms with E-state index in [2.05, 4.69) is 16.8 Å². The van der Waals surface area contributed by atoms with Gasteiger partial charge in [0.15, 0.2) is 0 Å². The van der Waals surface area contributed by atoms with E-state index in [0.717, 1.165) is 25.8 Å². The zero-order valence-corrected chi connectivity index (χ0v) is 11.0. The summed E-state index contributed by atoms with van der Waals surface area (Å²) >= 11 is 0. The highest BCUT2D eigenvalue weighted by Crippen LogP contribution is 2.07. The summed E-state index contributed by atoms with van der Waals surface area (Å²) in [6.45, 7) is 8.13. The van der Waals surface area contributed by atoms with E-state index < -0.39 is 0 Å². The fourth-order valence-corrected chi connectivity index (χ4v) is 2.23. The third-order valence-electron chi connectivity index (χ3n) is 3.55. The van der Waals surface area contributed by atoms with Crippen molar-refractivity contribution in [2.24, 2.45) is 0 Å². The van der Waals surface area contributed by atoms with Gasteiger partial charge in [-0.1, -0.05) is 6.92 Å². The quantitative estimate of drug-likeness (QED) is 0.683. The van der Waals surface area contributed by atoms with Crippen molar-refractivity contribution in [3.8, 4) is 0 Å². The Morgan fingerprint density at radius 3 is 2.56 bits per heavy atom. The van der Waals surface area contributed by atoms with Crippen LogP contribution in [0, 0.1) is 0 Å². The van der Waals surface area contributed by atoms with Gasteiger partial charge in [-0.05, 0) is 58.8 Å². The second kappa shape index (κ2) is 8.04. The molecule has 1 fully saturated rings. The van der Waals surface area contributed by atoms with E-state index in [1.54, 1.807) is 0 Å². The Bertz CT molecular complexity index is 169. The van der Waals surface area contributed by atoms with Gasteiger partial charge in [-0.15, -0.1) is 0 Å². The van der Waals surface area contributed by atoms with Crippen molar-refractivity contribution in [2.45, 2.75) is 45.1 Å². The molecule has 3 heteroatoms. The summed E-state index contributed by atoms with van der Waals surface area (Å²) in [5.41, 5.74) is 0. The summed E-state index contributed by atoms with van der Waals surface area (Å²) in [5.74, 6) is 0. The maximum absolute atomic E-state index is 9.45. The van der Waals surface area contributed by atoms with Gasteiger partial charge < -0.3 is 14.9 Å². The third kappa shape index (κ3) is 5.83. The van der Waals surface area contributed by atoms with Gasteiger partial charge in [-0.25, -0.2) is 0 Å². The number of likely N-dealkylation sites (N-methyl/N-ethyl adjacent to an activating group) is 1. The van der Waals surface area contributed by atoms with Gasteiger partial charge in [-0.2, -0.15) is 0 Å². The lowest BCUT2D eigenvalue weighted by molar-refractivity contribution is 0.150. The van der Waals surface area contributed by atoms with Gasteiger partial charge in [0.2, 0.25) is 0 Å². The van der Waals surface area contributed by atoms with Crippen LogP contribution in [0.3, 0.4) is 0 Å². The summed E-state index contributed by atoms with van der Waals surface area (Å²) in [6.07, 6.45) is 5.62. The van der Waals surface area contributed by atoms with E-state index in [1.807, 2.05) is 6.92 Å². The number of hydrogen-bond donors (Lipinski definition) is 1. The highest BCUT2D eigenvalue weighted by atomic mass is 16.3. The predicted molar refractivity (Wildman–Crippen MR) is 68.7 cm³/mol. The molecule has 1 atom stereocenters. The Labute approximate surface area is 100 Å². The fourth-order valence-electron chi connectivity index (χ4n) is 2.23. The van der Waals surface area contributed by atoms with E-state index in [-0.39, 0.29) is 6.10 Å². The molecule has 1 N–H and O–H groups in total. The van der Waals surface area contributed by atoms with Gasteiger partial charge in [0.05, 0.1) is 6.10 Å². The molecule has 0 aromatic heterocycles. The summed E-state index contributed by atoms with van der Waals surface area (Å²) in [4.78, 5) is 4.94. The average molecular weight is 228 g/mol. The standard InChI is InChI=1S/C13H28N2O/c1-3-13(16)7-6-8-14(2)11-12-15-9-4-5-10-15/h13,16H,3-12H2,1-2H3. The Morgan fingerprint density at radius 1 is 1.25 bits per heavy atom. The fraction of sp³-hybridized carbons (Fsp3) is 1.00. The molecule has 0 aliphatic carbocycles. The molecule has 1 heterocycles. The normalized spacial score (nSPS) is 19.5. The highest BCUT2D eigenvalue weighted by molar-refractivity contribution is 4.67. The Morgan fingerprint density at radius 2 is 1.94 bits per heavy atom. The molecule has 1 aliphatic heterocycles. The van der Waals surface area contributed by atoms with Crippen LogP contribution in [0.4, 0.5) is 0 Å². The second-order valence-electron chi connectivity index (χ2n) is 5.06. The third-order valence-corrected chi connectivity index (χ3v) is 3.55. The van der Waals surface area contributed by atoms with Gasteiger partial charge in [0, 0.05) is 13.1 Å². The predicted octanol–water partition coefficient (Wildman–Crippen LogP) is 1.57. The molecule has 1 aliphatic rings. The Balaban J connectivity index is 1.95. The SMILES string of the molecule is CCC(O)CCCN(C)CCN1CCCC1. The van der Waals surface area contributed by atoms with E-state index in [9.17, 15) is 5.11 Å². The lowest BCUT2D eigenvalue weighted by Gasteiger charge is -2.21. The number of likely N-dealkylation sites (tertiary alicyclic amines) is 1. The molecule has 0 spiro atoms. The molecule has 0 radical (unpaired) electrons. The lowest BCUT2D eigenvalue weighted by Crippen LogP contribution is -2.32. The summed E-state index contributed by atoms with van der Waals surface area (Å²) < 4.78 is 0. The smallest absolute Gasteiger partial charge is 0.0538 e. The molecule has 96 valence electrons. The van der Waals surface area contributed by atoms with E-state index >= 15 is 0 Å². The lowest BCUT2D eigenvalue weighted by atomic mass is 10.1. The van der Waals surface area contributed by atoms with Crippen molar-refractivity contribution in [1.82, 2.24) is 9.80 Å². The molecule has 0 bridgehead atoms. The Hall–Kier alpha value is -0.120. The number of aliphatic hydroxyl groups excluding tert-OH is 1. The average Bonchev–Trinajstić information content (AvgIpc) is 2.79. The Kier molecular flexibility index (Phi) is 7.01. The van der Waals surface area contributed by atoms with Gasteiger partial charge in [0.1, 0.15) is 0 Å². The summed E-state index contributed by atoms with van der Waals surface area (Å²) in [6, 6.07) is 0. The minimum Gasteiger partial charge on any atom is -0.393 e. The van der Waals surface area contributed by atoms with Gasteiger partial charge in [0.25, 0.3) is 0 Å². The zero-order chi connectivity index (χ0) is 11.8. The molecule has 16 heavy (non-hydrogen) atoms. The molecule has 1 rings (SSSR count). The van der Waals surface area contributed by atoms with Crippen LogP contribution >= 0.6 is 0 Å². The molecule has 1 unspecified atom stereocenters. The summed E-state index contributed by atoms with van der Waals surface area (Å²) in [5, 5.41) is 9.45. The topological polar surface area (TPSA) is 26.7 Å². The van der Waals surface area contributed by atoms with Crippen LogP contribution < -0.4 is 0 Å². The van der Waals surface area contributed by atoms with E-state index in [0.29, 0.717) is 0 Å². The number of nitrogens with zero attached hydrogens (tertiary/aromatic N) is 2.